The van der Waals surface area contributed by atoms with Crippen LogP contribution >= 0.6 is 11.3 Å². The average molecular weight is 543 g/mol. The zero-order chi connectivity index (χ0) is 27.4. The number of fused-ring (bicyclic) bond motifs is 1. The van der Waals surface area contributed by atoms with Crippen molar-refractivity contribution in [2.24, 2.45) is 5.92 Å². The molecule has 2 aromatic heterocycles. The summed E-state index contributed by atoms with van der Waals surface area (Å²) in [4.78, 5) is 43.1. The zero-order valence-electron chi connectivity index (χ0n) is 21.8. The van der Waals surface area contributed by atoms with Crippen molar-refractivity contribution in [3.05, 3.63) is 82.9 Å². The van der Waals surface area contributed by atoms with Gasteiger partial charge in [-0.2, -0.15) is 0 Å². The number of esters is 1. The number of nitrogens with one attached hydrogen (secondary N) is 3. The number of thiophene rings is 1. The Kier molecular flexibility index (Phi) is 7.88. The number of nitrogens with zero attached hydrogens (tertiary/aromatic N) is 1. The van der Waals surface area contributed by atoms with Gasteiger partial charge in [-0.05, 0) is 56.9 Å². The molecule has 9 heteroatoms. The minimum absolute atomic E-state index is 0.133. The minimum atomic E-state index is -0.309. The van der Waals surface area contributed by atoms with Gasteiger partial charge in [0.15, 0.2) is 5.82 Å². The molecule has 3 N–H and O–H groups in total. The molecular weight excluding hydrogens is 512 g/mol. The van der Waals surface area contributed by atoms with Gasteiger partial charge in [0.1, 0.15) is 0 Å². The number of hydrogen-bond acceptors (Lipinski definition) is 7. The summed E-state index contributed by atoms with van der Waals surface area (Å²) in [6.07, 6.45) is 3.41. The summed E-state index contributed by atoms with van der Waals surface area (Å²) < 4.78 is 6.15. The van der Waals surface area contributed by atoms with Crippen LogP contribution in [0.3, 0.4) is 0 Å². The molecule has 5 rings (SSSR count). The van der Waals surface area contributed by atoms with E-state index in [0.717, 1.165) is 21.3 Å². The van der Waals surface area contributed by atoms with E-state index >= 15 is 0 Å². The summed E-state index contributed by atoms with van der Waals surface area (Å²) in [5.41, 5.74) is 3.12. The van der Waals surface area contributed by atoms with Gasteiger partial charge in [0, 0.05) is 33.4 Å². The molecule has 0 unspecified atom stereocenters. The van der Waals surface area contributed by atoms with Gasteiger partial charge in [-0.1, -0.05) is 36.4 Å². The van der Waals surface area contributed by atoms with Crippen molar-refractivity contribution in [1.82, 2.24) is 10.3 Å². The highest BCUT2D eigenvalue weighted by Gasteiger charge is 2.32. The summed E-state index contributed by atoms with van der Waals surface area (Å²) in [5.74, 6) is -0.585. The fourth-order valence-corrected chi connectivity index (χ4v) is 5.76. The molecule has 2 amide bonds. The molecule has 2 aromatic carbocycles. The quantitative estimate of drug-likeness (QED) is 0.234. The molecule has 200 valence electrons. The van der Waals surface area contributed by atoms with Gasteiger partial charge in [-0.15, -0.1) is 11.3 Å². The maximum atomic E-state index is 13.4. The van der Waals surface area contributed by atoms with E-state index in [4.69, 9.17) is 4.74 Å². The van der Waals surface area contributed by atoms with Crippen molar-refractivity contribution in [1.29, 1.82) is 0 Å². The topological polar surface area (TPSA) is 109 Å². The first-order chi connectivity index (χ1) is 18.9. The highest BCUT2D eigenvalue weighted by molar-refractivity contribution is 7.17. The third-order valence-corrected chi connectivity index (χ3v) is 7.87. The largest absolute Gasteiger partial charge is 0.466 e. The fourth-order valence-electron chi connectivity index (χ4n) is 4.82. The van der Waals surface area contributed by atoms with Crippen LogP contribution in [0.25, 0.3) is 10.1 Å². The summed E-state index contributed by atoms with van der Waals surface area (Å²) in [6, 6.07) is 17.0. The number of carbonyl (C=O) groups excluding carboxylic acids is 3. The Morgan fingerprint density at radius 3 is 2.64 bits per heavy atom. The van der Waals surface area contributed by atoms with Crippen molar-refractivity contribution in [2.75, 3.05) is 17.2 Å². The number of para-hydroxylation sites is 1. The first kappa shape index (κ1) is 26.4. The van der Waals surface area contributed by atoms with E-state index < -0.39 is 0 Å². The number of pyridine rings is 1. The van der Waals surface area contributed by atoms with Gasteiger partial charge in [0.05, 0.1) is 29.3 Å². The lowest BCUT2D eigenvalue weighted by Crippen LogP contribution is -2.33. The number of anilines is 3. The standard InChI is InChI=1S/C30H30N4O4S/c1-3-38-30(37)19-12-13-21(14-19)32-28(35)20-15-25(27(31-16-20)33-24-10-6-4-8-18(24)2)34-29(36)23-17-39-26-11-7-5-9-22(23)26/h4-11,15-17,19,21H,3,12-14H2,1-2H3,(H,31,33)(H,32,35)(H,34,36)/t19-,21-/m1/s1. The summed E-state index contributed by atoms with van der Waals surface area (Å²) >= 11 is 1.50. The highest BCUT2D eigenvalue weighted by atomic mass is 32.1. The lowest BCUT2D eigenvalue weighted by Gasteiger charge is -2.16. The molecule has 0 radical (unpaired) electrons. The van der Waals surface area contributed by atoms with Gasteiger partial charge >= 0.3 is 5.97 Å². The number of aromatic nitrogens is 1. The molecule has 8 nitrogen and oxygen atoms in total. The smallest absolute Gasteiger partial charge is 0.308 e. The second kappa shape index (κ2) is 11.7. The van der Waals surface area contributed by atoms with Crippen LogP contribution in [0, 0.1) is 12.8 Å². The molecule has 1 saturated carbocycles. The number of hydrogen-bond donors (Lipinski definition) is 3. The van der Waals surface area contributed by atoms with Crippen LogP contribution in [0.4, 0.5) is 17.2 Å². The van der Waals surface area contributed by atoms with Crippen LogP contribution in [-0.4, -0.2) is 35.4 Å². The molecule has 1 aliphatic carbocycles. The van der Waals surface area contributed by atoms with Crippen LogP contribution in [0.5, 0.6) is 0 Å². The van der Waals surface area contributed by atoms with Gasteiger partial charge in [-0.25, -0.2) is 4.98 Å². The van der Waals surface area contributed by atoms with Crippen molar-refractivity contribution < 1.29 is 19.1 Å². The van der Waals surface area contributed by atoms with Crippen LogP contribution in [0.15, 0.2) is 66.2 Å². The Balaban J connectivity index is 1.39. The summed E-state index contributed by atoms with van der Waals surface area (Å²) in [5, 5.41) is 12.0. The van der Waals surface area contributed by atoms with Crippen LogP contribution in [-0.2, 0) is 9.53 Å². The van der Waals surface area contributed by atoms with E-state index in [1.165, 1.54) is 17.5 Å². The molecule has 4 aromatic rings. The molecule has 0 saturated heterocycles. The van der Waals surface area contributed by atoms with E-state index in [2.05, 4.69) is 20.9 Å². The van der Waals surface area contributed by atoms with Crippen molar-refractivity contribution >= 4 is 56.4 Å². The van der Waals surface area contributed by atoms with E-state index in [-0.39, 0.29) is 29.7 Å². The Hall–Kier alpha value is -4.24. The lowest BCUT2D eigenvalue weighted by atomic mass is 10.1. The number of ether oxygens (including phenoxy) is 1. The second-order valence-electron chi connectivity index (χ2n) is 9.59. The number of rotatable bonds is 8. The molecule has 0 bridgehead atoms. The van der Waals surface area contributed by atoms with E-state index in [0.29, 0.717) is 48.5 Å². The molecule has 0 spiro atoms. The first-order valence-electron chi connectivity index (χ1n) is 13.0. The predicted molar refractivity (Wildman–Crippen MR) is 154 cm³/mol. The van der Waals surface area contributed by atoms with Gasteiger partial charge in [0.2, 0.25) is 0 Å². The Bertz CT molecular complexity index is 1530. The zero-order valence-corrected chi connectivity index (χ0v) is 22.6. The molecule has 1 aliphatic rings. The molecule has 2 heterocycles. The normalized spacial score (nSPS) is 16.6. The maximum Gasteiger partial charge on any atom is 0.308 e. The predicted octanol–water partition coefficient (Wildman–Crippen LogP) is 6.06. The number of benzene rings is 2. The summed E-state index contributed by atoms with van der Waals surface area (Å²) in [7, 11) is 0. The molecule has 1 fully saturated rings. The number of carbonyl (C=O) groups is 3. The Morgan fingerprint density at radius 2 is 1.82 bits per heavy atom. The Labute approximate surface area is 230 Å². The highest BCUT2D eigenvalue weighted by Crippen LogP contribution is 2.31. The average Bonchev–Trinajstić information content (AvgIpc) is 3.58. The van der Waals surface area contributed by atoms with Gasteiger partial charge in [-0.3, -0.25) is 14.4 Å². The van der Waals surface area contributed by atoms with Gasteiger partial charge < -0.3 is 20.7 Å². The molecule has 2 atom stereocenters. The van der Waals surface area contributed by atoms with E-state index in [1.54, 1.807) is 13.0 Å². The third-order valence-electron chi connectivity index (χ3n) is 6.91. The van der Waals surface area contributed by atoms with Gasteiger partial charge in [0.25, 0.3) is 11.8 Å². The number of amides is 2. The molecule has 0 aliphatic heterocycles. The van der Waals surface area contributed by atoms with E-state index in [9.17, 15) is 14.4 Å². The van der Waals surface area contributed by atoms with Crippen LogP contribution in [0.1, 0.15) is 52.5 Å². The lowest BCUT2D eigenvalue weighted by molar-refractivity contribution is -0.147. The molecular formula is C30H30N4O4S. The first-order valence-corrected chi connectivity index (χ1v) is 13.9. The minimum Gasteiger partial charge on any atom is -0.466 e. The molecule has 39 heavy (non-hydrogen) atoms. The maximum absolute atomic E-state index is 13.4. The SMILES string of the molecule is CCOC(=O)[C@@H]1CC[C@@H](NC(=O)c2cnc(Nc3ccccc3C)c(NC(=O)c3csc4ccccc34)c2)C1. The van der Waals surface area contributed by atoms with Crippen molar-refractivity contribution in [2.45, 2.75) is 39.2 Å². The van der Waals surface area contributed by atoms with Crippen LogP contribution < -0.4 is 16.0 Å². The number of aryl methyl sites for hydroxylation is 1. The van der Waals surface area contributed by atoms with Crippen molar-refractivity contribution in [3.63, 3.8) is 0 Å². The van der Waals surface area contributed by atoms with E-state index in [1.807, 2.05) is 60.8 Å². The monoisotopic (exact) mass is 542 g/mol. The fraction of sp³-hybridized carbons (Fsp3) is 0.267. The van der Waals surface area contributed by atoms with Crippen molar-refractivity contribution in [3.8, 4) is 0 Å². The van der Waals surface area contributed by atoms with Crippen LogP contribution in [0.2, 0.25) is 0 Å². The second-order valence-corrected chi connectivity index (χ2v) is 10.5. The summed E-state index contributed by atoms with van der Waals surface area (Å²) in [6.45, 7) is 4.11. The Morgan fingerprint density at radius 1 is 1.03 bits per heavy atom. The third kappa shape index (κ3) is 5.93.